The quantitative estimate of drug-likeness (QED) is 0.843. The first kappa shape index (κ1) is 17.5. The van der Waals surface area contributed by atoms with Gasteiger partial charge in [-0.05, 0) is 26.7 Å². The van der Waals surface area contributed by atoms with Crippen LogP contribution in [0.2, 0.25) is 0 Å². The van der Waals surface area contributed by atoms with E-state index in [4.69, 9.17) is 9.26 Å². The fraction of sp³-hybridized carbons (Fsp3) is 0.688. The minimum atomic E-state index is -0.0881. The van der Waals surface area contributed by atoms with Crippen LogP contribution in [0.15, 0.2) is 4.52 Å². The third-order valence-electron chi connectivity index (χ3n) is 4.23. The highest BCUT2D eigenvalue weighted by molar-refractivity contribution is 5.79. The molecule has 0 saturated carbocycles. The molecular weight excluding hydrogens is 298 g/mol. The number of carbonyl (C=O) groups is 2. The molecular formula is C16H25N3O4. The molecule has 1 aliphatic heterocycles. The fourth-order valence-corrected chi connectivity index (χ4v) is 2.89. The molecule has 0 atom stereocenters. The molecule has 1 fully saturated rings. The van der Waals surface area contributed by atoms with Crippen molar-refractivity contribution in [1.82, 2.24) is 15.4 Å². The van der Waals surface area contributed by atoms with E-state index in [9.17, 15) is 9.59 Å². The Labute approximate surface area is 136 Å². The van der Waals surface area contributed by atoms with Gasteiger partial charge in [0.25, 0.3) is 0 Å². The van der Waals surface area contributed by atoms with Gasteiger partial charge in [-0.25, -0.2) is 0 Å². The van der Waals surface area contributed by atoms with Gasteiger partial charge in [0, 0.05) is 44.8 Å². The summed E-state index contributed by atoms with van der Waals surface area (Å²) in [5, 5.41) is 6.71. The van der Waals surface area contributed by atoms with E-state index in [1.165, 1.54) is 0 Å². The van der Waals surface area contributed by atoms with Gasteiger partial charge in [0.15, 0.2) is 0 Å². The second-order valence-corrected chi connectivity index (χ2v) is 5.89. The number of aromatic nitrogens is 1. The Hall–Kier alpha value is -1.89. The molecule has 1 aromatic rings. The van der Waals surface area contributed by atoms with Crippen molar-refractivity contribution in [2.45, 2.75) is 46.1 Å². The van der Waals surface area contributed by atoms with Crippen LogP contribution in [0.4, 0.5) is 0 Å². The highest BCUT2D eigenvalue weighted by atomic mass is 16.5. The molecule has 2 rings (SSSR count). The number of hydrogen-bond acceptors (Lipinski definition) is 5. The highest BCUT2D eigenvalue weighted by Crippen LogP contribution is 2.14. The van der Waals surface area contributed by atoms with E-state index in [0.717, 1.165) is 24.1 Å². The summed E-state index contributed by atoms with van der Waals surface area (Å²) in [5.74, 6) is 0.622. The van der Waals surface area contributed by atoms with E-state index >= 15 is 0 Å². The Balaban J connectivity index is 1.80. The lowest BCUT2D eigenvalue weighted by Gasteiger charge is -2.33. The second kappa shape index (κ2) is 8.10. The maximum atomic E-state index is 12.0. The van der Waals surface area contributed by atoms with Gasteiger partial charge in [0.05, 0.1) is 12.1 Å². The van der Waals surface area contributed by atoms with Crippen molar-refractivity contribution in [1.29, 1.82) is 0 Å². The molecule has 1 aliphatic rings. The summed E-state index contributed by atoms with van der Waals surface area (Å²) in [6.45, 7) is 7.53. The average Bonchev–Trinajstić information content (AvgIpc) is 2.84. The minimum absolute atomic E-state index is 0.0388. The Bertz CT molecular complexity index is 530. The zero-order valence-corrected chi connectivity index (χ0v) is 14.1. The maximum Gasteiger partial charge on any atom is 0.224 e. The molecule has 0 aliphatic carbocycles. The zero-order chi connectivity index (χ0) is 16.8. The van der Waals surface area contributed by atoms with Crippen LogP contribution in [0.3, 0.4) is 0 Å². The van der Waals surface area contributed by atoms with E-state index in [2.05, 4.69) is 10.5 Å². The highest BCUT2D eigenvalue weighted by Gasteiger charge is 2.23. The van der Waals surface area contributed by atoms with Crippen LogP contribution in [-0.4, -0.2) is 54.2 Å². The average molecular weight is 323 g/mol. The third kappa shape index (κ3) is 4.79. The van der Waals surface area contributed by atoms with Crippen LogP contribution in [0.5, 0.6) is 0 Å². The molecule has 2 amide bonds. The summed E-state index contributed by atoms with van der Waals surface area (Å²) < 4.78 is 10.4. The Morgan fingerprint density at radius 3 is 2.57 bits per heavy atom. The molecule has 0 bridgehead atoms. The van der Waals surface area contributed by atoms with Crippen LogP contribution in [-0.2, 0) is 20.7 Å². The van der Waals surface area contributed by atoms with Gasteiger partial charge >= 0.3 is 0 Å². The topological polar surface area (TPSA) is 84.7 Å². The Kier molecular flexibility index (Phi) is 6.15. The number of carbonyl (C=O) groups excluding carboxylic acids is 2. The normalized spacial score (nSPS) is 15.4. The second-order valence-electron chi connectivity index (χ2n) is 5.89. The standard InChI is InChI=1S/C16H25N3O4/c1-11-15(12(2)23-18-11)10-16(21)17-6-7-19(13(3)20)14-4-8-22-9-5-14/h14H,4-10H2,1-3H3,(H,17,21). The number of aryl methyl sites for hydroxylation is 2. The number of amides is 2. The van der Waals surface area contributed by atoms with Crippen molar-refractivity contribution >= 4 is 11.8 Å². The fourth-order valence-electron chi connectivity index (χ4n) is 2.89. The molecule has 1 N–H and O–H groups in total. The van der Waals surface area contributed by atoms with Gasteiger partial charge in [-0.15, -0.1) is 0 Å². The summed E-state index contributed by atoms with van der Waals surface area (Å²) >= 11 is 0. The van der Waals surface area contributed by atoms with Crippen molar-refractivity contribution in [3.8, 4) is 0 Å². The van der Waals surface area contributed by atoms with Crippen molar-refractivity contribution in [3.05, 3.63) is 17.0 Å². The Morgan fingerprint density at radius 2 is 2.00 bits per heavy atom. The van der Waals surface area contributed by atoms with Gasteiger partial charge in [-0.1, -0.05) is 5.16 Å². The van der Waals surface area contributed by atoms with E-state index < -0.39 is 0 Å². The van der Waals surface area contributed by atoms with Crippen molar-refractivity contribution in [3.63, 3.8) is 0 Å². The van der Waals surface area contributed by atoms with Crippen molar-refractivity contribution < 1.29 is 18.8 Å². The summed E-state index contributed by atoms with van der Waals surface area (Å²) in [7, 11) is 0. The molecule has 1 saturated heterocycles. The minimum Gasteiger partial charge on any atom is -0.381 e. The van der Waals surface area contributed by atoms with Gasteiger partial charge in [-0.2, -0.15) is 0 Å². The lowest BCUT2D eigenvalue weighted by atomic mass is 10.1. The number of hydrogen-bond donors (Lipinski definition) is 1. The molecule has 7 heteroatoms. The monoisotopic (exact) mass is 323 g/mol. The van der Waals surface area contributed by atoms with Crippen molar-refractivity contribution in [2.24, 2.45) is 0 Å². The van der Waals surface area contributed by atoms with Crippen LogP contribution in [0.1, 0.15) is 36.8 Å². The lowest BCUT2D eigenvalue weighted by molar-refractivity contribution is -0.133. The number of rotatable bonds is 6. The van der Waals surface area contributed by atoms with Crippen LogP contribution in [0.25, 0.3) is 0 Å². The lowest BCUT2D eigenvalue weighted by Crippen LogP contribution is -2.46. The number of ether oxygens (including phenoxy) is 1. The van der Waals surface area contributed by atoms with E-state index in [0.29, 0.717) is 32.1 Å². The van der Waals surface area contributed by atoms with Crippen LogP contribution >= 0.6 is 0 Å². The predicted molar refractivity (Wildman–Crippen MR) is 83.9 cm³/mol. The summed E-state index contributed by atoms with van der Waals surface area (Å²) in [6, 6.07) is 0.209. The molecule has 1 aromatic heterocycles. The van der Waals surface area contributed by atoms with Gasteiger partial charge in [0.2, 0.25) is 11.8 Å². The molecule has 23 heavy (non-hydrogen) atoms. The first-order valence-electron chi connectivity index (χ1n) is 8.02. The van der Waals surface area contributed by atoms with Crippen LogP contribution < -0.4 is 5.32 Å². The molecule has 0 unspecified atom stereocenters. The zero-order valence-electron chi connectivity index (χ0n) is 14.1. The first-order valence-corrected chi connectivity index (χ1v) is 8.02. The largest absolute Gasteiger partial charge is 0.381 e. The third-order valence-corrected chi connectivity index (χ3v) is 4.23. The smallest absolute Gasteiger partial charge is 0.224 e. The molecule has 128 valence electrons. The molecule has 7 nitrogen and oxygen atoms in total. The molecule has 0 radical (unpaired) electrons. The van der Waals surface area contributed by atoms with Crippen molar-refractivity contribution in [2.75, 3.05) is 26.3 Å². The summed E-state index contributed by atoms with van der Waals surface area (Å²) in [5.41, 5.74) is 1.57. The molecule has 0 spiro atoms. The Morgan fingerprint density at radius 1 is 1.30 bits per heavy atom. The molecule has 0 aromatic carbocycles. The summed E-state index contributed by atoms with van der Waals surface area (Å²) in [4.78, 5) is 25.7. The van der Waals surface area contributed by atoms with Gasteiger partial charge < -0.3 is 19.5 Å². The van der Waals surface area contributed by atoms with Gasteiger partial charge in [0.1, 0.15) is 5.76 Å². The van der Waals surface area contributed by atoms with Crippen LogP contribution in [0, 0.1) is 13.8 Å². The number of nitrogens with zero attached hydrogens (tertiary/aromatic N) is 2. The first-order chi connectivity index (χ1) is 11.0. The number of nitrogens with one attached hydrogen (secondary N) is 1. The van der Waals surface area contributed by atoms with E-state index in [1.54, 1.807) is 13.8 Å². The molecule has 2 heterocycles. The van der Waals surface area contributed by atoms with E-state index in [1.807, 2.05) is 11.8 Å². The SMILES string of the molecule is CC(=O)N(CCNC(=O)Cc1c(C)noc1C)C1CCOCC1. The summed E-state index contributed by atoms with van der Waals surface area (Å²) in [6.07, 6.45) is 1.96. The predicted octanol–water partition coefficient (Wildman–Crippen LogP) is 0.978. The van der Waals surface area contributed by atoms with Gasteiger partial charge in [-0.3, -0.25) is 9.59 Å². The maximum absolute atomic E-state index is 12.0. The van der Waals surface area contributed by atoms with E-state index in [-0.39, 0.29) is 24.3 Å².